The molecule has 0 fully saturated rings. The van der Waals surface area contributed by atoms with Crippen LogP contribution in [0.2, 0.25) is 0 Å². The van der Waals surface area contributed by atoms with Crippen LogP contribution in [0.15, 0.2) is 109 Å². The highest BCUT2D eigenvalue weighted by molar-refractivity contribution is 7.15. The van der Waals surface area contributed by atoms with Gasteiger partial charge in [-0.1, -0.05) is 87.6 Å². The third kappa shape index (κ3) is 18.2. The summed E-state index contributed by atoms with van der Waals surface area (Å²) in [4.78, 5) is 182. The second-order valence-corrected chi connectivity index (χ2v) is 42.5. The Bertz CT molecular complexity index is 6580. The number of ether oxygens (including phenoxy) is 2. The molecule has 12 aliphatic heterocycles. The van der Waals surface area contributed by atoms with E-state index in [1.165, 1.54) is 103 Å². The molecular formula is C102H104N18O14S6. The van der Waals surface area contributed by atoms with Crippen LogP contribution in [0.3, 0.4) is 0 Å². The minimum atomic E-state index is -0.863. The van der Waals surface area contributed by atoms with E-state index in [9.17, 15) is 58.2 Å². The number of carboxylic acid groups (broad SMARTS) is 2. The maximum absolute atomic E-state index is 13.9. The lowest BCUT2D eigenvalue weighted by Gasteiger charge is -2.24. The molecule has 140 heavy (non-hydrogen) atoms. The number of amides is 6. The molecule has 0 unspecified atom stereocenters. The van der Waals surface area contributed by atoms with Gasteiger partial charge in [0.1, 0.15) is 0 Å². The molecule has 18 heterocycles. The van der Waals surface area contributed by atoms with E-state index in [0.29, 0.717) is 160 Å². The van der Waals surface area contributed by atoms with Crippen molar-refractivity contribution in [1.29, 1.82) is 0 Å². The first-order valence-corrected chi connectivity index (χ1v) is 51.5. The van der Waals surface area contributed by atoms with Gasteiger partial charge in [-0.25, -0.2) is 29.9 Å². The van der Waals surface area contributed by atoms with Crippen molar-refractivity contribution in [2.24, 2.45) is 0 Å². The van der Waals surface area contributed by atoms with Crippen molar-refractivity contribution >= 4 is 161 Å². The molecule has 0 atom stereocenters. The van der Waals surface area contributed by atoms with Gasteiger partial charge in [-0.15, -0.1) is 68.0 Å². The molecule has 6 aromatic heterocycles. The molecule has 12 aromatic rings. The van der Waals surface area contributed by atoms with Gasteiger partial charge < -0.3 is 59.7 Å². The summed E-state index contributed by atoms with van der Waals surface area (Å²) in [6.45, 7) is 12.1. The maximum Gasteiger partial charge on any atom is 0.319 e. The first-order chi connectivity index (χ1) is 67.2. The molecule has 0 radical (unpaired) electrons. The molecule has 722 valence electrons. The number of hydrogen-bond acceptors (Lipinski definition) is 30. The fourth-order valence-corrected chi connectivity index (χ4v) is 27.7. The van der Waals surface area contributed by atoms with Gasteiger partial charge in [0.15, 0.2) is 30.0 Å². The molecule has 12 aliphatic rings. The number of fused-ring (bicyclic) bond motifs is 12. The number of anilines is 6. The van der Waals surface area contributed by atoms with E-state index in [1.807, 2.05) is 99.9 Å². The van der Waals surface area contributed by atoms with Crippen molar-refractivity contribution in [3.63, 3.8) is 0 Å². The predicted octanol–water partition coefficient (Wildman–Crippen LogP) is 12.5. The number of nitrogens with zero attached hydrogens (tertiary/aromatic N) is 16. The number of carbonyl (C=O) groups excluding carboxylic acids is 8. The van der Waals surface area contributed by atoms with Crippen molar-refractivity contribution in [2.75, 3.05) is 148 Å². The van der Waals surface area contributed by atoms with E-state index >= 15 is 0 Å². The van der Waals surface area contributed by atoms with Crippen LogP contribution in [0.4, 0.5) is 34.1 Å². The molecule has 38 heteroatoms. The number of rotatable bonds is 17. The van der Waals surface area contributed by atoms with Crippen LogP contribution in [-0.2, 0) is 145 Å². The smallest absolute Gasteiger partial charge is 0.319 e. The second-order valence-electron chi connectivity index (χ2n) is 36.0. The molecule has 0 saturated heterocycles. The summed E-state index contributed by atoms with van der Waals surface area (Å²) in [6, 6.07) is 36.8. The van der Waals surface area contributed by atoms with Gasteiger partial charge in [0.2, 0.25) is 0 Å². The fraction of sp³-hybridized carbons (Fsp3) is 0.373. The topological polar surface area (TPSA) is 363 Å². The largest absolute Gasteiger partial charge is 0.480 e. The normalized spacial score (nSPS) is 16.9. The van der Waals surface area contributed by atoms with Gasteiger partial charge in [0.05, 0.1) is 74.6 Å². The summed E-state index contributed by atoms with van der Waals surface area (Å²) < 4.78 is 9.66. The Balaban J connectivity index is 0.000000129. The summed E-state index contributed by atoms with van der Waals surface area (Å²) in [7, 11) is 2.78. The number of esters is 2. The zero-order valence-electron chi connectivity index (χ0n) is 75.8. The van der Waals surface area contributed by atoms with Gasteiger partial charge >= 0.3 is 23.9 Å². The summed E-state index contributed by atoms with van der Waals surface area (Å²) in [5, 5.41) is 28.1. The zero-order valence-corrected chi connectivity index (χ0v) is 80.7. The molecule has 6 aromatic carbocycles. The fourth-order valence-electron chi connectivity index (χ4n) is 21.3. The Morgan fingerprint density at radius 1 is 0.286 bits per heavy atom. The number of aliphatic carboxylic acids is 2. The van der Waals surface area contributed by atoms with Gasteiger partial charge in [-0.2, -0.15) is 0 Å². The Labute approximate surface area is 832 Å². The Morgan fingerprint density at radius 3 is 0.700 bits per heavy atom. The van der Waals surface area contributed by atoms with Crippen molar-refractivity contribution in [3.05, 3.63) is 236 Å². The summed E-state index contributed by atoms with van der Waals surface area (Å²) in [6.07, 6.45) is 8.83. The SMILES string of the molecule is C.C.COC(=O)CN1CCc2nc(C(=O)N3CCc4c(-c5cccc6c5CCN6C(=O)c5nc6c(s5)CN(CC(=O)OC)CC6)cccc43)sc2C1.O=C(O)CN1CCc2nc(C(=O)N3CCc4c(-c5cccc6c5CCN6C(=O)c5nc6c(s5)CN(CC(=O)O)CC6)cccc43)sc2C1.O=C(c1nc2c(s1)CNCC2)N1CCc2c(-c3cccc4c3CCN4C(=O)c3nc4c(s3)CNCC4)cccc21. The highest BCUT2D eigenvalue weighted by Gasteiger charge is 2.42. The van der Waals surface area contributed by atoms with Crippen LogP contribution in [0.1, 0.15) is 170 Å². The Morgan fingerprint density at radius 2 is 0.493 bits per heavy atom. The van der Waals surface area contributed by atoms with E-state index < -0.39 is 11.9 Å². The van der Waals surface area contributed by atoms with E-state index in [1.54, 1.807) is 9.80 Å². The predicted molar refractivity (Wildman–Crippen MR) is 540 cm³/mol. The molecule has 6 amide bonds. The van der Waals surface area contributed by atoms with Crippen LogP contribution in [0.25, 0.3) is 33.4 Å². The van der Waals surface area contributed by atoms with Crippen molar-refractivity contribution in [3.8, 4) is 33.4 Å². The highest BCUT2D eigenvalue weighted by Crippen LogP contribution is 2.49. The quantitative estimate of drug-likeness (QED) is 0.0615. The molecule has 0 aliphatic carbocycles. The first-order valence-electron chi connectivity index (χ1n) is 46.6. The van der Waals surface area contributed by atoms with Gasteiger partial charge in [0.25, 0.3) is 35.4 Å². The first kappa shape index (κ1) is 95.1. The Hall–Kier alpha value is -12.4. The number of methoxy groups -OCH3 is 2. The van der Waals surface area contributed by atoms with Gasteiger partial charge in [-0.05, 0) is 142 Å². The average molecular weight is 2000 g/mol. The standard InChI is InChI=1S/C36H36N6O6S2.C34H32N6O6S2.C30H28N6O2S2.2CH4/c1-47-31(43)19-39-13-11-25-29(17-39)49-33(37-25)35(45)41-15-9-23-21(5-3-7-27(23)41)22-6-4-8-28-24(22)10-16-42(28)36(46)34-38-26-12-14-40(18-30(26)50-34)20-32(44)48-2;41-29(42)17-37-11-9-23-27(15-37)47-31(35-23)33(45)39-13-7-21-19(3-1-5-25(21)39)20-4-2-6-26-22(20)8-14-40(26)34(46)32-36-24-10-12-38(18-30(43)44)16-28(24)48-32;37-29(27-33-21-7-11-31-15-25(21)39-27)35-13-9-19-17(3-1-5-23(19)35)18-4-2-6-24-20(18)10-14-36(24)30(38)28-34-22-8-12-32-16-26(22)40-28;;/h3-8H,9-20H2,1-2H3;1-6H,7-18H2,(H,41,42)(H,43,44);1-6,31-32H,7-16H2;2*1H4. The summed E-state index contributed by atoms with van der Waals surface area (Å²) in [5.41, 5.74) is 24.6. The van der Waals surface area contributed by atoms with Crippen molar-refractivity contribution < 1.29 is 67.6 Å². The number of benzene rings is 6. The van der Waals surface area contributed by atoms with Crippen LogP contribution < -0.4 is 40.0 Å². The highest BCUT2D eigenvalue weighted by atomic mass is 32.1. The van der Waals surface area contributed by atoms with Crippen LogP contribution >= 0.6 is 68.0 Å². The lowest BCUT2D eigenvalue weighted by molar-refractivity contribution is -0.143. The molecule has 0 saturated carbocycles. The second kappa shape index (κ2) is 39.9. The molecule has 4 N–H and O–H groups in total. The van der Waals surface area contributed by atoms with Crippen molar-refractivity contribution in [2.45, 2.75) is 131 Å². The summed E-state index contributed by atoms with van der Waals surface area (Å²) >= 11 is 8.59. The Kier molecular flexibility index (Phi) is 27.1. The number of aromatic nitrogens is 6. The lowest BCUT2D eigenvalue weighted by atomic mass is 9.93. The number of carbonyl (C=O) groups is 10. The monoisotopic (exact) mass is 2000 g/mol. The number of thiazole rings is 6. The van der Waals surface area contributed by atoms with Crippen molar-refractivity contribution in [1.82, 2.24) is 60.1 Å². The van der Waals surface area contributed by atoms with E-state index in [2.05, 4.69) is 69.1 Å². The minimum absolute atomic E-state index is 0. The van der Waals surface area contributed by atoms with E-state index in [4.69, 9.17) is 29.4 Å². The molecule has 0 spiro atoms. The maximum atomic E-state index is 13.9. The summed E-state index contributed by atoms with van der Waals surface area (Å²) in [5.74, 6) is -2.76. The van der Waals surface area contributed by atoms with Gasteiger partial charge in [-0.3, -0.25) is 67.5 Å². The van der Waals surface area contributed by atoms with E-state index in [0.717, 1.165) is 208 Å². The molecule has 32 nitrogen and oxygen atoms in total. The minimum Gasteiger partial charge on any atom is -0.480 e. The zero-order chi connectivity index (χ0) is 94.4. The number of carboxylic acids is 2. The molecular weight excluding hydrogens is 1890 g/mol. The van der Waals surface area contributed by atoms with Crippen LogP contribution in [-0.4, -0.2) is 238 Å². The molecule has 0 bridgehead atoms. The van der Waals surface area contributed by atoms with E-state index in [-0.39, 0.29) is 88.4 Å². The number of hydrogen-bond donors (Lipinski definition) is 4. The number of nitrogens with one attached hydrogen (secondary N) is 2. The van der Waals surface area contributed by atoms with Gasteiger partial charge in [0, 0.05) is 220 Å². The third-order valence-corrected chi connectivity index (χ3v) is 34.4. The third-order valence-electron chi connectivity index (χ3n) is 27.9. The lowest BCUT2D eigenvalue weighted by Crippen LogP contribution is -2.34. The van der Waals surface area contributed by atoms with Crippen LogP contribution in [0, 0.1) is 0 Å². The van der Waals surface area contributed by atoms with Crippen LogP contribution in [0.5, 0.6) is 0 Å². The average Bonchev–Trinajstić information content (AvgIpc) is 1.60. The molecule has 24 rings (SSSR count).